The van der Waals surface area contributed by atoms with E-state index in [-0.39, 0.29) is 16.7 Å². The Morgan fingerprint density at radius 3 is 2.33 bits per heavy atom. The number of nitrogens with one attached hydrogen (secondary N) is 2. The zero-order chi connectivity index (χ0) is 16.3. The smallest absolute Gasteiger partial charge is 0.274 e. The summed E-state index contributed by atoms with van der Waals surface area (Å²) in [6, 6.07) is 3.08. The third kappa shape index (κ3) is 6.63. The van der Waals surface area contributed by atoms with Crippen molar-refractivity contribution in [2.24, 2.45) is 5.92 Å². The molecule has 2 N–H and O–H groups in total. The van der Waals surface area contributed by atoms with Crippen molar-refractivity contribution in [2.45, 2.75) is 71.2 Å². The fourth-order valence-electron chi connectivity index (χ4n) is 2.03. The predicted molar refractivity (Wildman–Crippen MR) is 84.5 cm³/mol. The normalized spacial score (nSPS) is 14.6. The van der Waals surface area contributed by atoms with Crippen LogP contribution in [0.25, 0.3) is 0 Å². The van der Waals surface area contributed by atoms with Gasteiger partial charge in [0.2, 0.25) is 5.09 Å². The SMILES string of the molecule is CC(C)CC(C)NS(=O)(=O)c1ccc(CNC(C)(C)C)o1. The number of sulfonamides is 1. The molecule has 0 aliphatic heterocycles. The zero-order valence-corrected chi connectivity index (χ0v) is 14.7. The van der Waals surface area contributed by atoms with E-state index in [4.69, 9.17) is 4.42 Å². The van der Waals surface area contributed by atoms with Crippen molar-refractivity contribution in [1.82, 2.24) is 10.0 Å². The van der Waals surface area contributed by atoms with Gasteiger partial charge in [-0.1, -0.05) is 13.8 Å². The summed E-state index contributed by atoms with van der Waals surface area (Å²) in [6.45, 7) is 12.6. The second kappa shape index (κ2) is 6.94. The van der Waals surface area contributed by atoms with Gasteiger partial charge in [0.05, 0.1) is 6.54 Å². The van der Waals surface area contributed by atoms with Gasteiger partial charge < -0.3 is 9.73 Å². The van der Waals surface area contributed by atoms with E-state index in [1.54, 1.807) is 6.07 Å². The molecule has 0 aliphatic carbocycles. The molecule has 21 heavy (non-hydrogen) atoms. The van der Waals surface area contributed by atoms with Crippen LogP contribution in [0.3, 0.4) is 0 Å². The molecule has 1 rings (SSSR count). The Morgan fingerprint density at radius 2 is 1.81 bits per heavy atom. The highest BCUT2D eigenvalue weighted by atomic mass is 32.2. The molecule has 122 valence electrons. The largest absolute Gasteiger partial charge is 0.447 e. The Labute approximate surface area is 128 Å². The van der Waals surface area contributed by atoms with Crippen molar-refractivity contribution in [3.05, 3.63) is 17.9 Å². The lowest BCUT2D eigenvalue weighted by molar-refractivity contribution is 0.358. The maximum atomic E-state index is 12.2. The van der Waals surface area contributed by atoms with Crippen molar-refractivity contribution < 1.29 is 12.8 Å². The molecule has 5 nitrogen and oxygen atoms in total. The van der Waals surface area contributed by atoms with Gasteiger partial charge in [0.25, 0.3) is 10.0 Å². The number of hydrogen-bond donors (Lipinski definition) is 2. The molecule has 1 atom stereocenters. The summed E-state index contributed by atoms with van der Waals surface area (Å²) >= 11 is 0. The second-order valence-electron chi connectivity index (χ2n) is 6.98. The number of rotatable bonds is 7. The molecule has 0 radical (unpaired) electrons. The Balaban J connectivity index is 2.70. The molecule has 1 aromatic rings. The minimum Gasteiger partial charge on any atom is -0.447 e. The molecule has 0 bridgehead atoms. The summed E-state index contributed by atoms with van der Waals surface area (Å²) in [5.74, 6) is 1.05. The lowest BCUT2D eigenvalue weighted by Crippen LogP contribution is -2.35. The van der Waals surface area contributed by atoms with Crippen LogP contribution in [-0.4, -0.2) is 20.0 Å². The average molecular weight is 316 g/mol. The first-order valence-corrected chi connectivity index (χ1v) is 8.84. The molecule has 1 heterocycles. The van der Waals surface area contributed by atoms with Crippen molar-refractivity contribution in [1.29, 1.82) is 0 Å². The van der Waals surface area contributed by atoms with Gasteiger partial charge in [-0.05, 0) is 52.2 Å². The highest BCUT2D eigenvalue weighted by Gasteiger charge is 2.22. The van der Waals surface area contributed by atoms with Crippen LogP contribution < -0.4 is 10.0 Å². The first-order valence-electron chi connectivity index (χ1n) is 7.35. The molecule has 1 unspecified atom stereocenters. The lowest BCUT2D eigenvalue weighted by Gasteiger charge is -2.19. The van der Waals surface area contributed by atoms with Crippen LogP contribution in [0.5, 0.6) is 0 Å². The highest BCUT2D eigenvalue weighted by molar-refractivity contribution is 7.89. The van der Waals surface area contributed by atoms with Crippen molar-refractivity contribution in [3.8, 4) is 0 Å². The van der Waals surface area contributed by atoms with Crippen molar-refractivity contribution in [2.75, 3.05) is 0 Å². The Hall–Kier alpha value is -0.850. The van der Waals surface area contributed by atoms with E-state index in [9.17, 15) is 8.42 Å². The maximum Gasteiger partial charge on any atom is 0.274 e. The van der Waals surface area contributed by atoms with Gasteiger partial charge in [-0.15, -0.1) is 0 Å². The minimum absolute atomic E-state index is 0.0242. The monoisotopic (exact) mass is 316 g/mol. The molecule has 0 saturated heterocycles. The molecule has 1 aromatic heterocycles. The van der Waals surface area contributed by atoms with Crippen LogP contribution in [-0.2, 0) is 16.6 Å². The van der Waals surface area contributed by atoms with Gasteiger partial charge in [-0.25, -0.2) is 13.1 Å². The van der Waals surface area contributed by atoms with E-state index < -0.39 is 10.0 Å². The minimum atomic E-state index is -3.58. The Kier molecular flexibility index (Phi) is 6.01. The van der Waals surface area contributed by atoms with Gasteiger partial charge in [0.15, 0.2) is 0 Å². The summed E-state index contributed by atoms with van der Waals surface area (Å²) in [6.07, 6.45) is 0.790. The molecule has 0 aliphatic rings. The van der Waals surface area contributed by atoms with E-state index in [0.717, 1.165) is 6.42 Å². The van der Waals surface area contributed by atoms with E-state index in [2.05, 4.69) is 23.9 Å². The highest BCUT2D eigenvalue weighted by Crippen LogP contribution is 2.16. The molecule has 0 spiro atoms. The molecule has 0 saturated carbocycles. The van der Waals surface area contributed by atoms with Crippen molar-refractivity contribution >= 4 is 10.0 Å². The molecule has 0 amide bonds. The van der Waals surface area contributed by atoms with Gasteiger partial charge in [0.1, 0.15) is 5.76 Å². The van der Waals surface area contributed by atoms with Crippen LogP contribution >= 0.6 is 0 Å². The fourth-order valence-corrected chi connectivity index (χ4v) is 3.23. The first kappa shape index (κ1) is 18.2. The molecule has 6 heteroatoms. The summed E-state index contributed by atoms with van der Waals surface area (Å²) < 4.78 is 32.5. The lowest BCUT2D eigenvalue weighted by atomic mass is 10.1. The summed E-state index contributed by atoms with van der Waals surface area (Å²) in [5, 5.41) is 3.24. The topological polar surface area (TPSA) is 71.3 Å². The summed E-state index contributed by atoms with van der Waals surface area (Å²) in [4.78, 5) is 0. The van der Waals surface area contributed by atoms with Gasteiger partial charge in [-0.2, -0.15) is 0 Å². The van der Waals surface area contributed by atoms with Gasteiger partial charge >= 0.3 is 0 Å². The van der Waals surface area contributed by atoms with E-state index >= 15 is 0 Å². The van der Waals surface area contributed by atoms with Crippen LogP contribution in [0.2, 0.25) is 0 Å². The van der Waals surface area contributed by atoms with E-state index in [0.29, 0.717) is 18.2 Å². The summed E-state index contributed by atoms with van der Waals surface area (Å²) in [5.41, 5.74) is -0.0458. The van der Waals surface area contributed by atoms with E-state index in [1.807, 2.05) is 27.7 Å². The fraction of sp³-hybridized carbons (Fsp3) is 0.733. The summed E-state index contributed by atoms with van der Waals surface area (Å²) in [7, 11) is -3.58. The molecule has 0 aromatic carbocycles. The zero-order valence-electron chi connectivity index (χ0n) is 13.9. The average Bonchev–Trinajstić information content (AvgIpc) is 2.72. The molecule has 0 fully saturated rings. The first-order chi connectivity index (χ1) is 9.49. The van der Waals surface area contributed by atoms with Gasteiger partial charge in [0, 0.05) is 11.6 Å². The quantitative estimate of drug-likeness (QED) is 0.811. The third-order valence-corrected chi connectivity index (χ3v) is 4.34. The molecular weight excluding hydrogens is 288 g/mol. The maximum absolute atomic E-state index is 12.2. The van der Waals surface area contributed by atoms with Crippen LogP contribution in [0, 0.1) is 5.92 Å². The van der Waals surface area contributed by atoms with Crippen LogP contribution in [0.4, 0.5) is 0 Å². The molecular formula is C15H28N2O3S. The Morgan fingerprint density at radius 1 is 1.19 bits per heavy atom. The second-order valence-corrected chi connectivity index (χ2v) is 8.62. The number of furan rings is 1. The number of hydrogen-bond acceptors (Lipinski definition) is 4. The van der Waals surface area contributed by atoms with Crippen molar-refractivity contribution in [3.63, 3.8) is 0 Å². The van der Waals surface area contributed by atoms with Gasteiger partial charge in [-0.3, -0.25) is 0 Å². The predicted octanol–water partition coefficient (Wildman–Crippen LogP) is 2.88. The Bertz CT molecular complexity index is 542. The van der Waals surface area contributed by atoms with Crippen LogP contribution in [0.15, 0.2) is 21.6 Å². The standard InChI is InChI=1S/C15H28N2O3S/c1-11(2)9-12(3)17-21(18,19)14-8-7-13(20-14)10-16-15(4,5)6/h7-8,11-12,16-17H,9-10H2,1-6H3. The third-order valence-electron chi connectivity index (χ3n) is 2.88. The van der Waals surface area contributed by atoms with E-state index in [1.165, 1.54) is 6.07 Å². The van der Waals surface area contributed by atoms with Crippen LogP contribution in [0.1, 0.15) is 53.7 Å².